The van der Waals surface area contributed by atoms with Gasteiger partial charge in [0.2, 0.25) is 15.9 Å². The summed E-state index contributed by atoms with van der Waals surface area (Å²) in [7, 11) is -3.17. The molecule has 2 heterocycles. The third-order valence-electron chi connectivity index (χ3n) is 4.05. The van der Waals surface area contributed by atoms with Crippen molar-refractivity contribution >= 4 is 27.3 Å². The number of hydrogen-bond donors (Lipinski definition) is 0. The molecule has 1 aliphatic rings. The zero-order chi connectivity index (χ0) is 17.0. The van der Waals surface area contributed by atoms with Crippen molar-refractivity contribution < 1.29 is 13.2 Å². The Hall–Kier alpha value is -0.990. The maximum absolute atomic E-state index is 12.4. The largest absolute Gasteiger partial charge is 0.340 e. The molecule has 1 aromatic rings. The summed E-state index contributed by atoms with van der Waals surface area (Å²) in [5, 5.41) is 0.970. The van der Waals surface area contributed by atoms with E-state index in [0.29, 0.717) is 39.0 Å². The number of aryl methyl sites for hydroxylation is 2. The van der Waals surface area contributed by atoms with E-state index in [4.69, 9.17) is 0 Å². The van der Waals surface area contributed by atoms with Crippen LogP contribution in [-0.4, -0.2) is 60.4 Å². The number of piperazine rings is 1. The van der Waals surface area contributed by atoms with E-state index in [9.17, 15) is 13.2 Å². The molecular formula is C15H25N3O3S2. The first-order chi connectivity index (χ1) is 10.8. The molecule has 8 heteroatoms. The lowest BCUT2D eigenvalue weighted by atomic mass is 10.2. The maximum atomic E-state index is 12.4. The average Bonchev–Trinajstić information content (AvgIpc) is 2.83. The van der Waals surface area contributed by atoms with Gasteiger partial charge < -0.3 is 4.90 Å². The smallest absolute Gasteiger partial charge is 0.227 e. The number of aromatic nitrogens is 1. The van der Waals surface area contributed by atoms with Crippen LogP contribution >= 0.6 is 11.3 Å². The molecular weight excluding hydrogens is 334 g/mol. The molecule has 0 N–H and O–H groups in total. The van der Waals surface area contributed by atoms with Crippen LogP contribution in [0.2, 0.25) is 0 Å². The molecule has 0 radical (unpaired) electrons. The lowest BCUT2D eigenvalue weighted by Crippen LogP contribution is -2.51. The van der Waals surface area contributed by atoms with Crippen LogP contribution in [0.3, 0.4) is 0 Å². The van der Waals surface area contributed by atoms with Gasteiger partial charge in [-0.05, 0) is 20.3 Å². The molecule has 0 aliphatic carbocycles. The van der Waals surface area contributed by atoms with E-state index in [1.807, 2.05) is 20.8 Å². The molecule has 1 aromatic heterocycles. The molecule has 23 heavy (non-hydrogen) atoms. The molecule has 0 saturated carbocycles. The van der Waals surface area contributed by atoms with Crippen molar-refractivity contribution in [2.45, 2.75) is 40.0 Å². The molecule has 1 aliphatic heterocycles. The number of nitrogens with zero attached hydrogens (tertiary/aromatic N) is 3. The minimum atomic E-state index is -3.17. The van der Waals surface area contributed by atoms with Gasteiger partial charge in [-0.3, -0.25) is 4.79 Å². The van der Waals surface area contributed by atoms with Gasteiger partial charge in [-0.2, -0.15) is 4.31 Å². The number of carbonyl (C=O) groups excluding carboxylic acids is 1. The summed E-state index contributed by atoms with van der Waals surface area (Å²) >= 11 is 1.56. The van der Waals surface area contributed by atoms with E-state index < -0.39 is 10.0 Å². The fourth-order valence-corrected chi connectivity index (χ4v) is 5.22. The van der Waals surface area contributed by atoms with E-state index >= 15 is 0 Å². The van der Waals surface area contributed by atoms with Gasteiger partial charge in [0.25, 0.3) is 0 Å². The summed E-state index contributed by atoms with van der Waals surface area (Å²) in [6.07, 6.45) is 1.91. The van der Waals surface area contributed by atoms with Crippen molar-refractivity contribution in [2.24, 2.45) is 0 Å². The Balaban J connectivity index is 1.89. The minimum absolute atomic E-state index is 0.0577. The van der Waals surface area contributed by atoms with Crippen LogP contribution in [-0.2, 0) is 21.2 Å². The second kappa shape index (κ2) is 7.72. The van der Waals surface area contributed by atoms with Gasteiger partial charge in [-0.25, -0.2) is 13.4 Å². The first kappa shape index (κ1) is 18.4. The maximum Gasteiger partial charge on any atom is 0.227 e. The number of carbonyl (C=O) groups is 1. The zero-order valence-corrected chi connectivity index (χ0v) is 15.7. The van der Waals surface area contributed by atoms with E-state index in [1.165, 1.54) is 4.31 Å². The third kappa shape index (κ3) is 4.74. The molecule has 2 rings (SSSR count). The van der Waals surface area contributed by atoms with E-state index in [0.717, 1.165) is 22.0 Å². The molecule has 6 nitrogen and oxygen atoms in total. The fourth-order valence-electron chi connectivity index (χ4n) is 2.66. The Morgan fingerprint density at radius 1 is 1.22 bits per heavy atom. The summed E-state index contributed by atoms with van der Waals surface area (Å²) in [6, 6.07) is 0. The first-order valence-corrected chi connectivity index (χ1v) is 10.4. The van der Waals surface area contributed by atoms with Crippen LogP contribution in [0.4, 0.5) is 0 Å². The van der Waals surface area contributed by atoms with Crippen LogP contribution in [0.25, 0.3) is 0 Å². The molecule has 1 saturated heterocycles. The lowest BCUT2D eigenvalue weighted by molar-refractivity contribution is -0.131. The molecule has 0 aromatic carbocycles. The SMILES string of the molecule is CCCCS(=O)(=O)N1CCN(C(=O)Cc2sc(C)nc2C)CC1. The Bertz CT molecular complexity index is 647. The normalized spacial score (nSPS) is 16.7. The molecule has 0 unspecified atom stereocenters. The van der Waals surface area contributed by atoms with Crippen LogP contribution < -0.4 is 0 Å². The van der Waals surface area contributed by atoms with Crippen molar-refractivity contribution in [3.63, 3.8) is 0 Å². The van der Waals surface area contributed by atoms with Crippen molar-refractivity contribution in [2.75, 3.05) is 31.9 Å². The molecule has 1 amide bonds. The summed E-state index contributed by atoms with van der Waals surface area (Å²) in [5.74, 6) is 0.263. The average molecular weight is 360 g/mol. The van der Waals surface area contributed by atoms with Gasteiger partial charge in [0.05, 0.1) is 22.9 Å². The number of thiazole rings is 1. The van der Waals surface area contributed by atoms with Gasteiger partial charge >= 0.3 is 0 Å². The molecule has 0 spiro atoms. The van der Waals surface area contributed by atoms with Crippen molar-refractivity contribution in [1.29, 1.82) is 0 Å². The number of hydrogen-bond acceptors (Lipinski definition) is 5. The minimum Gasteiger partial charge on any atom is -0.340 e. The molecule has 1 fully saturated rings. The third-order valence-corrected chi connectivity index (χ3v) is 7.08. The quantitative estimate of drug-likeness (QED) is 0.773. The monoisotopic (exact) mass is 359 g/mol. The number of unbranched alkanes of at least 4 members (excludes halogenated alkanes) is 1. The standard InChI is InChI=1S/C15H25N3O3S2/c1-4-5-10-23(20,21)18-8-6-17(7-9-18)15(19)11-14-12(2)16-13(3)22-14/h4-11H2,1-3H3. The lowest BCUT2D eigenvalue weighted by Gasteiger charge is -2.34. The Morgan fingerprint density at radius 2 is 1.87 bits per heavy atom. The molecule has 130 valence electrons. The Morgan fingerprint density at radius 3 is 2.39 bits per heavy atom. The second-order valence-electron chi connectivity index (χ2n) is 5.87. The summed E-state index contributed by atoms with van der Waals surface area (Å²) < 4.78 is 25.9. The van der Waals surface area contributed by atoms with E-state index in [1.54, 1.807) is 16.2 Å². The number of sulfonamides is 1. The van der Waals surface area contributed by atoms with Gasteiger partial charge in [-0.15, -0.1) is 11.3 Å². The van der Waals surface area contributed by atoms with Gasteiger partial charge in [0.15, 0.2) is 0 Å². The highest BCUT2D eigenvalue weighted by Gasteiger charge is 2.28. The van der Waals surface area contributed by atoms with Crippen molar-refractivity contribution in [3.8, 4) is 0 Å². The summed E-state index contributed by atoms with van der Waals surface area (Å²) in [6.45, 7) is 7.59. The van der Waals surface area contributed by atoms with Crippen LogP contribution in [0.1, 0.15) is 35.3 Å². The highest BCUT2D eigenvalue weighted by Crippen LogP contribution is 2.19. The van der Waals surface area contributed by atoms with Gasteiger partial charge in [0, 0.05) is 31.1 Å². The number of rotatable bonds is 6. The van der Waals surface area contributed by atoms with Crippen LogP contribution in [0, 0.1) is 13.8 Å². The summed E-state index contributed by atoms with van der Waals surface area (Å²) in [5.41, 5.74) is 0.918. The van der Waals surface area contributed by atoms with Gasteiger partial charge in [0.1, 0.15) is 0 Å². The molecule has 0 atom stereocenters. The Labute approximate surface area is 142 Å². The van der Waals surface area contributed by atoms with E-state index in [-0.39, 0.29) is 11.7 Å². The van der Waals surface area contributed by atoms with Crippen LogP contribution in [0.5, 0.6) is 0 Å². The highest BCUT2D eigenvalue weighted by molar-refractivity contribution is 7.89. The number of amides is 1. The highest BCUT2D eigenvalue weighted by atomic mass is 32.2. The van der Waals surface area contributed by atoms with Crippen molar-refractivity contribution in [3.05, 3.63) is 15.6 Å². The van der Waals surface area contributed by atoms with Crippen molar-refractivity contribution in [1.82, 2.24) is 14.2 Å². The summed E-state index contributed by atoms with van der Waals surface area (Å²) in [4.78, 5) is 19.5. The topological polar surface area (TPSA) is 70.6 Å². The second-order valence-corrected chi connectivity index (χ2v) is 9.24. The van der Waals surface area contributed by atoms with Crippen LogP contribution in [0.15, 0.2) is 0 Å². The fraction of sp³-hybridized carbons (Fsp3) is 0.733. The Kier molecular flexibility index (Phi) is 6.16. The van der Waals surface area contributed by atoms with Gasteiger partial charge in [-0.1, -0.05) is 13.3 Å². The molecule has 0 bridgehead atoms. The van der Waals surface area contributed by atoms with E-state index in [2.05, 4.69) is 4.98 Å². The zero-order valence-electron chi connectivity index (χ0n) is 14.0. The first-order valence-electron chi connectivity index (χ1n) is 8.02. The predicted molar refractivity (Wildman–Crippen MR) is 92.1 cm³/mol. The predicted octanol–water partition coefficient (Wildman–Crippen LogP) is 1.58.